The molecule has 2 aliphatic heterocycles. The molecule has 1 fully saturated rings. The smallest absolute Gasteiger partial charge is 0.257 e. The Labute approximate surface area is 231 Å². The van der Waals surface area contributed by atoms with Crippen LogP contribution in [0.1, 0.15) is 20.7 Å². The number of benzene rings is 3. The Bertz CT molecular complexity index is 1370. The van der Waals surface area contributed by atoms with Crippen molar-refractivity contribution in [2.45, 2.75) is 0 Å². The van der Waals surface area contributed by atoms with E-state index in [0.29, 0.717) is 60.3 Å². The molecule has 2 N–H and O–H groups in total. The topological polar surface area (TPSA) is 102 Å². The molecule has 0 aromatic heterocycles. The van der Waals surface area contributed by atoms with Crippen LogP contribution < -0.4 is 34.5 Å². The van der Waals surface area contributed by atoms with Gasteiger partial charge in [0.25, 0.3) is 11.8 Å². The maximum atomic E-state index is 13.1. The van der Waals surface area contributed by atoms with Gasteiger partial charge in [0, 0.05) is 54.7 Å². The molecule has 0 unspecified atom stereocenters. The quantitative estimate of drug-likeness (QED) is 0.448. The molecule has 2 amide bonds. The van der Waals surface area contributed by atoms with Crippen LogP contribution in [0.15, 0.2) is 60.7 Å². The van der Waals surface area contributed by atoms with E-state index in [4.69, 9.17) is 31.2 Å². The zero-order valence-corrected chi connectivity index (χ0v) is 22.4. The molecule has 11 heteroatoms. The molecule has 202 valence electrons. The lowest BCUT2D eigenvalue weighted by atomic mass is 10.1. The number of hydrogen-bond donors (Lipinski definition) is 2. The summed E-state index contributed by atoms with van der Waals surface area (Å²) < 4.78 is 21.2. The minimum absolute atomic E-state index is 0.0531. The second kappa shape index (κ2) is 11.5. The van der Waals surface area contributed by atoms with Gasteiger partial charge < -0.3 is 34.1 Å². The highest BCUT2D eigenvalue weighted by molar-refractivity contribution is 7.80. The van der Waals surface area contributed by atoms with Crippen molar-refractivity contribution in [3.8, 4) is 23.0 Å². The second-order valence-electron chi connectivity index (χ2n) is 8.90. The third-order valence-electron chi connectivity index (χ3n) is 6.52. The Morgan fingerprint density at radius 2 is 1.49 bits per heavy atom. The fraction of sp³-hybridized carbons (Fsp3) is 0.250. The van der Waals surface area contributed by atoms with Gasteiger partial charge in [-0.3, -0.25) is 14.9 Å². The molecule has 2 heterocycles. The van der Waals surface area contributed by atoms with Gasteiger partial charge in [-0.05, 0) is 66.8 Å². The van der Waals surface area contributed by atoms with E-state index in [0.717, 1.165) is 11.4 Å². The van der Waals surface area contributed by atoms with Crippen molar-refractivity contribution in [3.05, 3.63) is 71.8 Å². The summed E-state index contributed by atoms with van der Waals surface area (Å²) >= 11 is 5.32. The van der Waals surface area contributed by atoms with Crippen LogP contribution in [0, 0.1) is 0 Å². The molecule has 39 heavy (non-hydrogen) atoms. The van der Waals surface area contributed by atoms with Crippen LogP contribution in [0.4, 0.5) is 11.4 Å². The predicted molar refractivity (Wildman–Crippen MR) is 150 cm³/mol. The van der Waals surface area contributed by atoms with Gasteiger partial charge in [0.15, 0.2) is 16.6 Å². The average Bonchev–Trinajstić information content (AvgIpc) is 3.45. The summed E-state index contributed by atoms with van der Waals surface area (Å²) in [4.78, 5) is 29.7. The summed E-state index contributed by atoms with van der Waals surface area (Å²) in [5.74, 6) is 1.90. The van der Waals surface area contributed by atoms with Gasteiger partial charge in [0.05, 0.1) is 14.2 Å². The van der Waals surface area contributed by atoms with E-state index < -0.39 is 0 Å². The third kappa shape index (κ3) is 5.99. The number of piperazine rings is 1. The Balaban J connectivity index is 1.13. The molecular weight excluding hydrogens is 520 g/mol. The van der Waals surface area contributed by atoms with Gasteiger partial charge in [-0.15, -0.1) is 0 Å². The van der Waals surface area contributed by atoms with Crippen LogP contribution in [-0.4, -0.2) is 69.0 Å². The summed E-state index contributed by atoms with van der Waals surface area (Å²) in [6.45, 7) is 2.72. The monoisotopic (exact) mass is 548 g/mol. The van der Waals surface area contributed by atoms with E-state index in [-0.39, 0.29) is 23.7 Å². The van der Waals surface area contributed by atoms with Crippen molar-refractivity contribution >= 4 is 40.5 Å². The zero-order chi connectivity index (χ0) is 27.4. The number of fused-ring (bicyclic) bond motifs is 1. The van der Waals surface area contributed by atoms with Crippen LogP contribution in [0.2, 0.25) is 0 Å². The first-order valence-corrected chi connectivity index (χ1v) is 12.7. The number of nitrogens with one attached hydrogen (secondary N) is 2. The number of amides is 2. The summed E-state index contributed by atoms with van der Waals surface area (Å²) in [6, 6.07) is 17.9. The number of methoxy groups -OCH3 is 2. The lowest BCUT2D eigenvalue weighted by Crippen LogP contribution is -2.48. The first-order chi connectivity index (χ1) is 18.9. The van der Waals surface area contributed by atoms with E-state index in [1.807, 2.05) is 29.2 Å². The fourth-order valence-corrected chi connectivity index (χ4v) is 4.62. The SMILES string of the molecule is COc1cc(OC)cc(C(=O)N2CCN(c3ccc(NC(=S)NC(=O)c4ccc5c(c4)OCO5)cc3)CC2)c1. The number of anilines is 2. The summed E-state index contributed by atoms with van der Waals surface area (Å²) in [6.07, 6.45) is 0. The van der Waals surface area contributed by atoms with Gasteiger partial charge in [-0.25, -0.2) is 0 Å². The highest BCUT2D eigenvalue weighted by Gasteiger charge is 2.23. The highest BCUT2D eigenvalue weighted by Crippen LogP contribution is 2.32. The van der Waals surface area contributed by atoms with E-state index in [2.05, 4.69) is 15.5 Å². The molecule has 1 saturated heterocycles. The normalized spacial score (nSPS) is 14.0. The first kappa shape index (κ1) is 26.1. The molecule has 10 nitrogen and oxygen atoms in total. The number of rotatable bonds is 6. The highest BCUT2D eigenvalue weighted by atomic mass is 32.1. The number of ether oxygens (including phenoxy) is 4. The molecular formula is C28H28N4O6S. The van der Waals surface area contributed by atoms with Crippen LogP contribution >= 0.6 is 12.2 Å². The molecule has 0 saturated carbocycles. The molecule has 0 spiro atoms. The minimum Gasteiger partial charge on any atom is -0.497 e. The van der Waals surface area contributed by atoms with E-state index in [9.17, 15) is 9.59 Å². The summed E-state index contributed by atoms with van der Waals surface area (Å²) in [7, 11) is 3.13. The van der Waals surface area contributed by atoms with Crippen molar-refractivity contribution in [2.24, 2.45) is 0 Å². The van der Waals surface area contributed by atoms with E-state index in [1.54, 1.807) is 50.6 Å². The molecule has 0 bridgehead atoms. The average molecular weight is 549 g/mol. The first-order valence-electron chi connectivity index (χ1n) is 12.3. The van der Waals surface area contributed by atoms with Gasteiger partial charge in [-0.1, -0.05) is 0 Å². The minimum atomic E-state index is -0.345. The van der Waals surface area contributed by atoms with Crippen LogP contribution in [0.3, 0.4) is 0 Å². The number of hydrogen-bond acceptors (Lipinski definition) is 8. The molecule has 0 atom stereocenters. The largest absolute Gasteiger partial charge is 0.497 e. The van der Waals surface area contributed by atoms with Gasteiger partial charge in [0.1, 0.15) is 11.5 Å². The van der Waals surface area contributed by atoms with Gasteiger partial charge in [-0.2, -0.15) is 0 Å². The number of carbonyl (C=O) groups excluding carboxylic acids is 2. The fourth-order valence-electron chi connectivity index (χ4n) is 4.41. The zero-order valence-electron chi connectivity index (χ0n) is 21.6. The van der Waals surface area contributed by atoms with Gasteiger partial charge in [0.2, 0.25) is 6.79 Å². The Hall–Kier alpha value is -4.51. The Kier molecular flexibility index (Phi) is 7.69. The van der Waals surface area contributed by atoms with Crippen molar-refractivity contribution in [2.75, 3.05) is 57.4 Å². The number of nitrogens with zero attached hydrogens (tertiary/aromatic N) is 2. The molecule has 0 radical (unpaired) electrons. The van der Waals surface area contributed by atoms with Gasteiger partial charge >= 0.3 is 0 Å². The van der Waals surface area contributed by atoms with Crippen molar-refractivity contribution in [1.29, 1.82) is 0 Å². The molecule has 3 aromatic rings. The number of thiocarbonyl (C=S) groups is 1. The van der Waals surface area contributed by atoms with E-state index in [1.165, 1.54) is 0 Å². The lowest BCUT2D eigenvalue weighted by Gasteiger charge is -2.36. The van der Waals surface area contributed by atoms with E-state index >= 15 is 0 Å². The Morgan fingerprint density at radius 3 is 2.15 bits per heavy atom. The van der Waals surface area contributed by atoms with Crippen LogP contribution in [0.25, 0.3) is 0 Å². The van der Waals surface area contributed by atoms with Crippen molar-refractivity contribution < 1.29 is 28.5 Å². The lowest BCUT2D eigenvalue weighted by molar-refractivity contribution is 0.0745. The molecule has 2 aliphatic rings. The standard InChI is InChI=1S/C28H28N4O6S/c1-35-22-13-19(14-23(16-22)36-2)27(34)32-11-9-31(10-12-32)21-6-4-20(5-7-21)29-28(39)30-26(33)18-3-8-24-25(15-18)38-17-37-24/h3-8,13-16H,9-12,17H2,1-2H3,(H2,29,30,33,39). The summed E-state index contributed by atoms with van der Waals surface area (Å²) in [5.41, 5.74) is 2.74. The molecule has 3 aromatic carbocycles. The maximum absolute atomic E-state index is 13.1. The Morgan fingerprint density at radius 1 is 0.821 bits per heavy atom. The second-order valence-corrected chi connectivity index (χ2v) is 9.31. The maximum Gasteiger partial charge on any atom is 0.257 e. The molecule has 0 aliphatic carbocycles. The van der Waals surface area contributed by atoms with Crippen molar-refractivity contribution in [3.63, 3.8) is 0 Å². The third-order valence-corrected chi connectivity index (χ3v) is 6.72. The van der Waals surface area contributed by atoms with Crippen molar-refractivity contribution in [1.82, 2.24) is 10.2 Å². The van der Waals surface area contributed by atoms with Crippen LogP contribution in [-0.2, 0) is 0 Å². The predicted octanol–water partition coefficient (Wildman–Crippen LogP) is 3.52. The number of carbonyl (C=O) groups is 2. The molecule has 5 rings (SSSR count). The van der Waals surface area contributed by atoms with Crippen LogP contribution in [0.5, 0.6) is 23.0 Å². The summed E-state index contributed by atoms with van der Waals surface area (Å²) in [5, 5.41) is 5.90.